The fourth-order valence-electron chi connectivity index (χ4n) is 1.77. The monoisotopic (exact) mass is 283 g/mol. The van der Waals surface area contributed by atoms with Crippen molar-refractivity contribution in [3.63, 3.8) is 0 Å². The summed E-state index contributed by atoms with van der Waals surface area (Å²) >= 11 is 11.5. The zero-order chi connectivity index (χ0) is 13.1. The molecule has 1 unspecified atom stereocenters. The van der Waals surface area contributed by atoms with E-state index in [0.717, 1.165) is 5.56 Å². The van der Waals surface area contributed by atoms with Crippen LogP contribution in [0.5, 0.6) is 0 Å². The minimum Gasteiger partial charge on any atom is -0.324 e. The normalized spacial score (nSPS) is 12.4. The summed E-state index contributed by atoms with van der Waals surface area (Å²) in [6.07, 6.45) is 0.397. The van der Waals surface area contributed by atoms with E-state index in [-0.39, 0.29) is 11.1 Å². The van der Waals surface area contributed by atoms with E-state index < -0.39 is 5.82 Å². The smallest absolute Gasteiger partial charge is 0.145 e. The van der Waals surface area contributed by atoms with Gasteiger partial charge < -0.3 is 5.73 Å². The molecule has 0 bridgehead atoms. The standard InChI is InChI=1S/C14H12Cl2FN/c15-11-6-4-9(5-7-11)13(18)8-10-2-1-3-12(16)14(10)17/h1-7,13H,8,18H2. The number of hydrogen-bond donors (Lipinski definition) is 1. The van der Waals surface area contributed by atoms with Crippen molar-refractivity contribution in [3.8, 4) is 0 Å². The summed E-state index contributed by atoms with van der Waals surface area (Å²) in [7, 11) is 0. The first-order valence-electron chi connectivity index (χ1n) is 5.52. The predicted molar refractivity (Wildman–Crippen MR) is 73.5 cm³/mol. The minimum absolute atomic E-state index is 0.121. The Labute approximate surface area is 115 Å². The van der Waals surface area contributed by atoms with Crippen LogP contribution in [0.15, 0.2) is 42.5 Å². The zero-order valence-electron chi connectivity index (χ0n) is 9.54. The minimum atomic E-state index is -0.399. The van der Waals surface area contributed by atoms with Gasteiger partial charge in [-0.15, -0.1) is 0 Å². The molecule has 2 N–H and O–H groups in total. The molecule has 0 fully saturated rings. The predicted octanol–water partition coefficient (Wildman–Crippen LogP) is 4.38. The molecule has 2 aromatic carbocycles. The summed E-state index contributed by atoms with van der Waals surface area (Å²) < 4.78 is 13.7. The van der Waals surface area contributed by atoms with Crippen LogP contribution >= 0.6 is 23.2 Å². The summed E-state index contributed by atoms with van der Waals surface area (Å²) in [5.74, 6) is -0.399. The molecule has 2 aromatic rings. The molecule has 0 spiro atoms. The van der Waals surface area contributed by atoms with Crippen molar-refractivity contribution in [1.82, 2.24) is 0 Å². The second-order valence-electron chi connectivity index (χ2n) is 4.08. The summed E-state index contributed by atoms with van der Waals surface area (Å²) in [6.45, 7) is 0. The van der Waals surface area contributed by atoms with Crippen molar-refractivity contribution in [2.45, 2.75) is 12.5 Å². The Morgan fingerprint density at radius 3 is 2.39 bits per heavy atom. The molecule has 0 saturated carbocycles. The molecule has 0 amide bonds. The van der Waals surface area contributed by atoms with Crippen molar-refractivity contribution in [2.24, 2.45) is 5.73 Å². The van der Waals surface area contributed by atoms with Crippen LogP contribution in [-0.4, -0.2) is 0 Å². The van der Waals surface area contributed by atoms with Crippen LogP contribution in [0.4, 0.5) is 4.39 Å². The van der Waals surface area contributed by atoms with Gasteiger partial charge in [0.1, 0.15) is 5.82 Å². The fourth-order valence-corrected chi connectivity index (χ4v) is 2.09. The first-order valence-corrected chi connectivity index (χ1v) is 6.27. The van der Waals surface area contributed by atoms with E-state index in [4.69, 9.17) is 28.9 Å². The van der Waals surface area contributed by atoms with E-state index in [9.17, 15) is 4.39 Å². The van der Waals surface area contributed by atoms with Crippen molar-refractivity contribution in [1.29, 1.82) is 0 Å². The molecular formula is C14H12Cl2FN. The molecule has 0 radical (unpaired) electrons. The molecule has 0 aromatic heterocycles. The van der Waals surface area contributed by atoms with E-state index in [1.54, 1.807) is 24.3 Å². The topological polar surface area (TPSA) is 26.0 Å². The Kier molecular flexibility index (Phi) is 4.23. The lowest BCUT2D eigenvalue weighted by Gasteiger charge is -2.13. The van der Waals surface area contributed by atoms with E-state index >= 15 is 0 Å². The van der Waals surface area contributed by atoms with Crippen LogP contribution in [0.1, 0.15) is 17.2 Å². The molecule has 0 saturated heterocycles. The Morgan fingerprint density at radius 1 is 1.06 bits per heavy atom. The molecule has 18 heavy (non-hydrogen) atoms. The highest BCUT2D eigenvalue weighted by molar-refractivity contribution is 6.31. The summed E-state index contributed by atoms with van der Waals surface area (Å²) in [5, 5.41) is 0.774. The number of nitrogens with two attached hydrogens (primary N) is 1. The highest BCUT2D eigenvalue weighted by Crippen LogP contribution is 2.23. The Balaban J connectivity index is 2.18. The lowest BCUT2D eigenvalue weighted by atomic mass is 9.99. The second-order valence-corrected chi connectivity index (χ2v) is 4.92. The largest absolute Gasteiger partial charge is 0.324 e. The highest BCUT2D eigenvalue weighted by atomic mass is 35.5. The van der Waals surface area contributed by atoms with Crippen LogP contribution in [-0.2, 0) is 6.42 Å². The van der Waals surface area contributed by atoms with Gasteiger partial charge in [-0.25, -0.2) is 4.39 Å². The van der Waals surface area contributed by atoms with Gasteiger partial charge in [0.05, 0.1) is 5.02 Å². The van der Waals surface area contributed by atoms with Gasteiger partial charge in [0.2, 0.25) is 0 Å². The van der Waals surface area contributed by atoms with E-state index in [1.807, 2.05) is 12.1 Å². The molecular weight excluding hydrogens is 272 g/mol. The summed E-state index contributed by atoms with van der Waals surface area (Å²) in [4.78, 5) is 0. The molecule has 1 nitrogen and oxygen atoms in total. The summed E-state index contributed by atoms with van der Waals surface area (Å²) in [5.41, 5.74) is 7.48. The number of hydrogen-bond acceptors (Lipinski definition) is 1. The van der Waals surface area contributed by atoms with E-state index in [1.165, 1.54) is 6.07 Å². The molecule has 4 heteroatoms. The third-order valence-corrected chi connectivity index (χ3v) is 3.31. The van der Waals surface area contributed by atoms with Crippen molar-refractivity contribution in [2.75, 3.05) is 0 Å². The van der Waals surface area contributed by atoms with Gasteiger partial charge in [-0.05, 0) is 35.7 Å². The van der Waals surface area contributed by atoms with Gasteiger partial charge in [-0.2, -0.15) is 0 Å². The van der Waals surface area contributed by atoms with Crippen LogP contribution in [0, 0.1) is 5.82 Å². The zero-order valence-corrected chi connectivity index (χ0v) is 11.0. The third-order valence-electron chi connectivity index (χ3n) is 2.77. The molecule has 2 rings (SSSR count). The van der Waals surface area contributed by atoms with Crippen LogP contribution < -0.4 is 5.73 Å². The Hall–Kier alpha value is -1.09. The SMILES string of the molecule is NC(Cc1cccc(Cl)c1F)c1ccc(Cl)cc1. The Bertz CT molecular complexity index is 540. The lowest BCUT2D eigenvalue weighted by Crippen LogP contribution is -2.14. The molecule has 1 atom stereocenters. The second kappa shape index (κ2) is 5.70. The van der Waals surface area contributed by atoms with Crippen molar-refractivity contribution < 1.29 is 4.39 Å². The van der Waals surface area contributed by atoms with Crippen molar-refractivity contribution in [3.05, 3.63) is 69.5 Å². The van der Waals surface area contributed by atoms with Gasteiger partial charge in [0.15, 0.2) is 0 Å². The number of benzene rings is 2. The fraction of sp³-hybridized carbons (Fsp3) is 0.143. The average Bonchev–Trinajstić information content (AvgIpc) is 2.36. The van der Waals surface area contributed by atoms with Gasteiger partial charge in [0.25, 0.3) is 0 Å². The average molecular weight is 284 g/mol. The number of halogens is 3. The van der Waals surface area contributed by atoms with E-state index in [2.05, 4.69) is 0 Å². The van der Waals surface area contributed by atoms with Crippen LogP contribution in [0.3, 0.4) is 0 Å². The molecule has 94 valence electrons. The maximum atomic E-state index is 13.7. The van der Waals surface area contributed by atoms with E-state index in [0.29, 0.717) is 17.0 Å². The summed E-state index contributed by atoms with van der Waals surface area (Å²) in [6, 6.07) is 11.9. The van der Waals surface area contributed by atoms with Crippen LogP contribution in [0.2, 0.25) is 10.0 Å². The lowest BCUT2D eigenvalue weighted by molar-refractivity contribution is 0.594. The Morgan fingerprint density at radius 2 is 1.72 bits per heavy atom. The highest BCUT2D eigenvalue weighted by Gasteiger charge is 2.12. The van der Waals surface area contributed by atoms with Crippen LogP contribution in [0.25, 0.3) is 0 Å². The van der Waals surface area contributed by atoms with Gasteiger partial charge >= 0.3 is 0 Å². The van der Waals surface area contributed by atoms with Crippen molar-refractivity contribution >= 4 is 23.2 Å². The van der Waals surface area contributed by atoms with Gasteiger partial charge in [-0.1, -0.05) is 47.5 Å². The first kappa shape index (κ1) is 13.3. The van der Waals surface area contributed by atoms with Gasteiger partial charge in [-0.3, -0.25) is 0 Å². The van der Waals surface area contributed by atoms with Gasteiger partial charge in [0, 0.05) is 11.1 Å². The molecule has 0 aliphatic heterocycles. The molecule has 0 aliphatic rings. The molecule has 0 aliphatic carbocycles. The maximum Gasteiger partial charge on any atom is 0.145 e. The third kappa shape index (κ3) is 3.02. The number of rotatable bonds is 3. The molecule has 0 heterocycles. The quantitative estimate of drug-likeness (QED) is 0.889. The first-order chi connectivity index (χ1) is 8.58. The maximum absolute atomic E-state index is 13.7.